The summed E-state index contributed by atoms with van der Waals surface area (Å²) in [5, 5.41) is 0. The van der Waals surface area contributed by atoms with Crippen molar-refractivity contribution >= 4 is 0 Å². The average Bonchev–Trinajstić information content (AvgIpc) is 2.21. The van der Waals surface area contributed by atoms with E-state index in [-0.39, 0.29) is 0 Å². The molecule has 0 amide bonds. The predicted molar refractivity (Wildman–Crippen MR) is 50.1 cm³/mol. The molecule has 0 atom stereocenters. The lowest BCUT2D eigenvalue weighted by molar-refractivity contribution is 1.02. The van der Waals surface area contributed by atoms with Crippen molar-refractivity contribution in [1.82, 2.24) is 9.97 Å². The maximum atomic E-state index is 4.13. The molecule has 1 aromatic heterocycles. The van der Waals surface area contributed by atoms with Crippen LogP contribution in [0.25, 0.3) is 0 Å². The highest BCUT2D eigenvalue weighted by Crippen LogP contribution is 2.04. The Morgan fingerprint density at radius 1 is 1.15 bits per heavy atom. The Morgan fingerprint density at radius 2 is 2.00 bits per heavy atom. The third-order valence-electron chi connectivity index (χ3n) is 1.82. The van der Waals surface area contributed by atoms with Gasteiger partial charge in [-0.25, -0.2) is 9.97 Å². The number of rotatable bonds is 2. The molecule has 1 heterocycles. The van der Waals surface area contributed by atoms with Gasteiger partial charge in [-0.15, -0.1) is 0 Å². The summed E-state index contributed by atoms with van der Waals surface area (Å²) < 4.78 is 0. The highest BCUT2D eigenvalue weighted by Gasteiger charge is 1.94. The molecule has 2 nitrogen and oxygen atoms in total. The van der Waals surface area contributed by atoms with Crippen molar-refractivity contribution in [2.75, 3.05) is 0 Å². The first-order valence-electron chi connectivity index (χ1n) is 4.16. The lowest BCUT2D eigenvalue weighted by Crippen LogP contribution is -1.91. The van der Waals surface area contributed by atoms with Gasteiger partial charge in [-0.1, -0.05) is 30.3 Å². The largest absolute Gasteiger partial charge is 0.241 e. The highest BCUT2D eigenvalue weighted by molar-refractivity contribution is 5.20. The molecule has 0 N–H and O–H groups in total. The fourth-order valence-corrected chi connectivity index (χ4v) is 1.19. The van der Waals surface area contributed by atoms with Gasteiger partial charge in [0.25, 0.3) is 0 Å². The summed E-state index contributed by atoms with van der Waals surface area (Å²) in [6, 6.07) is 12.0. The van der Waals surface area contributed by atoms with Crippen LogP contribution in [-0.2, 0) is 6.42 Å². The molecule has 0 unspecified atom stereocenters. The Kier molecular flexibility index (Phi) is 2.32. The van der Waals surface area contributed by atoms with Crippen LogP contribution >= 0.6 is 0 Å². The van der Waals surface area contributed by atoms with Crippen LogP contribution < -0.4 is 0 Å². The van der Waals surface area contributed by atoms with E-state index in [1.807, 2.05) is 24.3 Å². The first-order valence-corrected chi connectivity index (χ1v) is 4.16. The Labute approximate surface area is 77.3 Å². The molecule has 0 bridgehead atoms. The smallest absolute Gasteiger partial charge is 0.116 e. The normalized spacial score (nSPS) is 9.85. The number of hydrogen-bond donors (Lipinski definition) is 0. The Balaban J connectivity index is 2.16. The Bertz CT molecular complexity index is 319. The van der Waals surface area contributed by atoms with Gasteiger partial charge >= 0.3 is 0 Å². The topological polar surface area (TPSA) is 25.8 Å². The predicted octanol–water partition coefficient (Wildman–Crippen LogP) is 1.87. The van der Waals surface area contributed by atoms with Gasteiger partial charge in [-0.3, -0.25) is 0 Å². The standard InChI is InChI=1S/C11H9N2/c1-2-4-10(5-3-1)8-11-6-7-12-9-13-11/h1-6,9H,8H2. The second kappa shape index (κ2) is 3.81. The molecule has 1 radical (unpaired) electrons. The number of benzene rings is 1. The Morgan fingerprint density at radius 3 is 2.69 bits per heavy atom. The average molecular weight is 169 g/mol. The number of aromatic nitrogens is 2. The highest BCUT2D eigenvalue weighted by atomic mass is 14.8. The van der Waals surface area contributed by atoms with E-state index in [1.54, 1.807) is 0 Å². The van der Waals surface area contributed by atoms with E-state index in [1.165, 1.54) is 11.9 Å². The van der Waals surface area contributed by atoms with Crippen LogP contribution in [0.4, 0.5) is 0 Å². The van der Waals surface area contributed by atoms with Gasteiger partial charge in [0, 0.05) is 12.1 Å². The first kappa shape index (κ1) is 7.92. The molecule has 63 valence electrons. The fourth-order valence-electron chi connectivity index (χ4n) is 1.19. The minimum Gasteiger partial charge on any atom is -0.241 e. The third-order valence-corrected chi connectivity index (χ3v) is 1.82. The van der Waals surface area contributed by atoms with Gasteiger partial charge in [-0.05, 0) is 11.6 Å². The first-order chi connectivity index (χ1) is 6.45. The van der Waals surface area contributed by atoms with Gasteiger partial charge in [0.15, 0.2) is 0 Å². The van der Waals surface area contributed by atoms with E-state index in [0.29, 0.717) is 0 Å². The molecular weight excluding hydrogens is 160 g/mol. The minimum atomic E-state index is 0.847. The fraction of sp³-hybridized carbons (Fsp3) is 0.0909. The van der Waals surface area contributed by atoms with Crippen LogP contribution in [-0.4, -0.2) is 9.97 Å². The van der Waals surface area contributed by atoms with Crippen LogP contribution in [0.1, 0.15) is 11.3 Å². The summed E-state index contributed by atoms with van der Waals surface area (Å²) >= 11 is 0. The van der Waals surface area contributed by atoms with E-state index in [2.05, 4.69) is 28.3 Å². The van der Waals surface area contributed by atoms with Crippen molar-refractivity contribution in [2.45, 2.75) is 6.42 Å². The van der Waals surface area contributed by atoms with Crippen molar-refractivity contribution in [1.29, 1.82) is 0 Å². The summed E-state index contributed by atoms with van der Waals surface area (Å²) in [5.74, 6) is 0. The van der Waals surface area contributed by atoms with Crippen molar-refractivity contribution < 1.29 is 0 Å². The zero-order chi connectivity index (χ0) is 8.93. The molecule has 2 heteroatoms. The third kappa shape index (κ3) is 2.12. The summed E-state index contributed by atoms with van der Waals surface area (Å²) in [6.45, 7) is 0. The number of hydrogen-bond acceptors (Lipinski definition) is 2. The molecular formula is C11H9N2. The zero-order valence-electron chi connectivity index (χ0n) is 7.14. The lowest BCUT2D eigenvalue weighted by Gasteiger charge is -1.98. The molecule has 2 rings (SSSR count). The summed E-state index contributed by atoms with van der Waals surface area (Å²) in [7, 11) is 0. The van der Waals surface area contributed by atoms with E-state index in [9.17, 15) is 0 Å². The molecule has 0 saturated heterocycles. The van der Waals surface area contributed by atoms with E-state index >= 15 is 0 Å². The molecule has 0 aliphatic heterocycles. The molecule has 0 aliphatic carbocycles. The van der Waals surface area contributed by atoms with Crippen LogP contribution in [0.3, 0.4) is 0 Å². The van der Waals surface area contributed by atoms with Crippen molar-refractivity contribution in [3.05, 3.63) is 60.2 Å². The van der Waals surface area contributed by atoms with Crippen LogP contribution in [0.15, 0.2) is 42.7 Å². The molecule has 1 aromatic carbocycles. The van der Waals surface area contributed by atoms with Gasteiger partial charge < -0.3 is 0 Å². The molecule has 0 spiro atoms. The molecule has 2 aromatic rings. The number of nitrogens with zero attached hydrogens (tertiary/aromatic N) is 2. The van der Waals surface area contributed by atoms with Gasteiger partial charge in [0.05, 0.1) is 6.20 Å². The van der Waals surface area contributed by atoms with Crippen LogP contribution in [0.2, 0.25) is 0 Å². The lowest BCUT2D eigenvalue weighted by atomic mass is 10.1. The van der Waals surface area contributed by atoms with Crippen LogP contribution in [0, 0.1) is 6.20 Å². The monoisotopic (exact) mass is 169 g/mol. The molecule has 0 aliphatic rings. The van der Waals surface area contributed by atoms with Gasteiger partial charge in [-0.2, -0.15) is 0 Å². The van der Waals surface area contributed by atoms with Gasteiger partial charge in [0.1, 0.15) is 6.33 Å². The molecule has 0 fully saturated rings. The second-order valence-electron chi connectivity index (χ2n) is 2.80. The van der Waals surface area contributed by atoms with Crippen molar-refractivity contribution in [2.24, 2.45) is 0 Å². The van der Waals surface area contributed by atoms with E-state index < -0.39 is 0 Å². The van der Waals surface area contributed by atoms with Crippen molar-refractivity contribution in [3.63, 3.8) is 0 Å². The van der Waals surface area contributed by atoms with E-state index in [0.717, 1.165) is 12.1 Å². The quantitative estimate of drug-likeness (QED) is 0.685. The SMILES string of the molecule is [c]1cc(Cc2ccccc2)ncn1. The summed E-state index contributed by atoms with van der Waals surface area (Å²) in [4.78, 5) is 7.88. The van der Waals surface area contributed by atoms with E-state index in [4.69, 9.17) is 0 Å². The molecule has 13 heavy (non-hydrogen) atoms. The van der Waals surface area contributed by atoms with Crippen LogP contribution in [0.5, 0.6) is 0 Å². The molecule has 0 saturated carbocycles. The van der Waals surface area contributed by atoms with Gasteiger partial charge in [0.2, 0.25) is 0 Å². The zero-order valence-corrected chi connectivity index (χ0v) is 7.14. The Hall–Kier alpha value is -1.70. The maximum absolute atomic E-state index is 4.13. The van der Waals surface area contributed by atoms with Crippen molar-refractivity contribution in [3.8, 4) is 0 Å². The summed E-state index contributed by atoms with van der Waals surface area (Å²) in [6.07, 6.45) is 5.14. The minimum absolute atomic E-state index is 0.847. The second-order valence-corrected chi connectivity index (χ2v) is 2.80. The maximum Gasteiger partial charge on any atom is 0.116 e. The summed E-state index contributed by atoms with van der Waals surface area (Å²) in [5.41, 5.74) is 2.26.